The van der Waals surface area contributed by atoms with Gasteiger partial charge in [-0.2, -0.15) is 0 Å². The van der Waals surface area contributed by atoms with Crippen molar-refractivity contribution in [1.82, 2.24) is 4.90 Å². The molecule has 0 aliphatic carbocycles. The van der Waals surface area contributed by atoms with Crippen LogP contribution in [0.3, 0.4) is 0 Å². The Balaban J connectivity index is 1.89. The number of likely N-dealkylation sites (tertiary alicyclic amines) is 1. The van der Waals surface area contributed by atoms with E-state index in [1.165, 1.54) is 11.1 Å². The number of aliphatic hydroxyl groups excluding tert-OH is 1. The molecular formula is C16H21NOS. The van der Waals surface area contributed by atoms with Crippen molar-refractivity contribution in [3.8, 4) is 0 Å². The van der Waals surface area contributed by atoms with Crippen LogP contribution in [-0.4, -0.2) is 42.0 Å². The largest absolute Gasteiger partial charge is 0.391 e. The van der Waals surface area contributed by atoms with Gasteiger partial charge in [0.15, 0.2) is 0 Å². The summed E-state index contributed by atoms with van der Waals surface area (Å²) in [7, 11) is 2.20. The number of allylic oxidation sites excluding steroid dienone is 1. The normalized spacial score (nSPS) is 31.1. The van der Waals surface area contributed by atoms with E-state index in [4.69, 9.17) is 0 Å². The van der Waals surface area contributed by atoms with Crippen LogP contribution in [0.25, 0.3) is 0 Å². The van der Waals surface area contributed by atoms with E-state index in [0.717, 1.165) is 18.0 Å². The van der Waals surface area contributed by atoms with Crippen LogP contribution in [-0.2, 0) is 0 Å². The Bertz CT molecular complexity index is 482. The van der Waals surface area contributed by atoms with E-state index in [1.807, 2.05) is 11.8 Å². The van der Waals surface area contributed by atoms with Crippen LogP contribution in [0.4, 0.5) is 0 Å². The number of hydrogen-bond acceptors (Lipinski definition) is 3. The van der Waals surface area contributed by atoms with Crippen LogP contribution in [0, 0.1) is 12.8 Å². The van der Waals surface area contributed by atoms with E-state index >= 15 is 0 Å². The number of likely N-dealkylation sites (N-methyl/N-ethyl adjacent to an activating group) is 1. The first-order chi connectivity index (χ1) is 9.17. The quantitative estimate of drug-likeness (QED) is 0.897. The molecule has 102 valence electrons. The van der Waals surface area contributed by atoms with Gasteiger partial charge in [0.2, 0.25) is 0 Å². The second-order valence-electron chi connectivity index (χ2n) is 5.76. The molecule has 2 aliphatic heterocycles. The fourth-order valence-corrected chi connectivity index (χ4v) is 4.69. The van der Waals surface area contributed by atoms with Gasteiger partial charge in [-0.1, -0.05) is 35.9 Å². The lowest BCUT2D eigenvalue weighted by atomic mass is 9.80. The summed E-state index contributed by atoms with van der Waals surface area (Å²) in [5.74, 6) is 1.13. The van der Waals surface area contributed by atoms with Gasteiger partial charge in [-0.15, -0.1) is 11.8 Å². The summed E-state index contributed by atoms with van der Waals surface area (Å²) in [6.45, 7) is 4.56. The molecule has 1 aromatic carbocycles. The highest BCUT2D eigenvalue weighted by Gasteiger charge is 2.39. The molecule has 2 heterocycles. The SMILES string of the molecule is Cc1ccc(C2CN(C)CC3SC(CO)=CC32)cc1. The van der Waals surface area contributed by atoms with Crippen LogP contribution >= 0.6 is 11.8 Å². The van der Waals surface area contributed by atoms with Gasteiger partial charge in [0.1, 0.15) is 0 Å². The molecule has 3 rings (SSSR count). The Hall–Kier alpha value is -0.770. The molecule has 1 fully saturated rings. The number of hydrogen-bond donors (Lipinski definition) is 1. The summed E-state index contributed by atoms with van der Waals surface area (Å²) < 4.78 is 0. The molecule has 1 N–H and O–H groups in total. The average molecular weight is 275 g/mol. The van der Waals surface area contributed by atoms with Crippen molar-refractivity contribution in [3.63, 3.8) is 0 Å². The third kappa shape index (κ3) is 2.60. The molecule has 3 unspecified atom stereocenters. The van der Waals surface area contributed by atoms with Crippen molar-refractivity contribution in [2.24, 2.45) is 5.92 Å². The number of aliphatic hydroxyl groups is 1. The van der Waals surface area contributed by atoms with E-state index in [0.29, 0.717) is 17.1 Å². The maximum atomic E-state index is 9.37. The Morgan fingerprint density at radius 2 is 2.00 bits per heavy atom. The lowest BCUT2D eigenvalue weighted by Crippen LogP contribution is -2.43. The molecule has 0 aromatic heterocycles. The first-order valence-electron chi connectivity index (χ1n) is 6.90. The minimum Gasteiger partial charge on any atom is -0.391 e. The highest BCUT2D eigenvalue weighted by molar-refractivity contribution is 8.04. The Kier molecular flexibility index (Phi) is 3.70. The van der Waals surface area contributed by atoms with Crippen LogP contribution in [0.15, 0.2) is 35.2 Å². The van der Waals surface area contributed by atoms with E-state index < -0.39 is 0 Å². The van der Waals surface area contributed by atoms with Gasteiger partial charge in [0, 0.05) is 29.2 Å². The average Bonchev–Trinajstić information content (AvgIpc) is 2.81. The Labute approximate surface area is 119 Å². The smallest absolute Gasteiger partial charge is 0.0737 e. The summed E-state index contributed by atoms with van der Waals surface area (Å²) in [6, 6.07) is 8.95. The van der Waals surface area contributed by atoms with Crippen LogP contribution < -0.4 is 0 Å². The van der Waals surface area contributed by atoms with Gasteiger partial charge in [-0.3, -0.25) is 0 Å². The standard InChI is InChI=1S/C16H21NOS/c1-11-3-5-12(6-4-11)15-8-17(2)9-16-14(15)7-13(10-18)19-16/h3-7,14-16,18H,8-10H2,1-2H3. The van der Waals surface area contributed by atoms with E-state index in [9.17, 15) is 5.11 Å². The van der Waals surface area contributed by atoms with Crippen LogP contribution in [0.5, 0.6) is 0 Å². The van der Waals surface area contributed by atoms with Gasteiger partial charge < -0.3 is 10.0 Å². The summed E-state index contributed by atoms with van der Waals surface area (Å²) in [6.07, 6.45) is 2.31. The van der Waals surface area contributed by atoms with Crippen molar-refractivity contribution in [2.75, 3.05) is 26.7 Å². The molecule has 19 heavy (non-hydrogen) atoms. The van der Waals surface area contributed by atoms with Crippen molar-refractivity contribution >= 4 is 11.8 Å². The minimum atomic E-state index is 0.196. The molecule has 1 saturated heterocycles. The first kappa shape index (κ1) is 13.2. The first-order valence-corrected chi connectivity index (χ1v) is 7.78. The Morgan fingerprint density at radius 1 is 1.26 bits per heavy atom. The van der Waals surface area contributed by atoms with Crippen molar-refractivity contribution < 1.29 is 5.11 Å². The third-order valence-electron chi connectivity index (χ3n) is 4.24. The zero-order valence-electron chi connectivity index (χ0n) is 11.5. The molecule has 0 radical (unpaired) electrons. The molecule has 0 amide bonds. The molecule has 0 saturated carbocycles. The summed E-state index contributed by atoms with van der Waals surface area (Å²) in [4.78, 5) is 3.58. The lowest BCUT2D eigenvalue weighted by Gasteiger charge is -2.38. The third-order valence-corrected chi connectivity index (χ3v) is 5.57. The van der Waals surface area contributed by atoms with Crippen LogP contribution in [0.1, 0.15) is 17.0 Å². The molecular weight excluding hydrogens is 254 g/mol. The van der Waals surface area contributed by atoms with Gasteiger partial charge >= 0.3 is 0 Å². The monoisotopic (exact) mass is 275 g/mol. The number of fused-ring (bicyclic) bond motifs is 1. The lowest BCUT2D eigenvalue weighted by molar-refractivity contribution is 0.223. The van der Waals surface area contributed by atoms with Gasteiger partial charge in [-0.05, 0) is 25.5 Å². The zero-order valence-corrected chi connectivity index (χ0v) is 12.4. The molecule has 0 spiro atoms. The highest BCUT2D eigenvalue weighted by atomic mass is 32.2. The van der Waals surface area contributed by atoms with Crippen molar-refractivity contribution in [1.29, 1.82) is 0 Å². The summed E-state index contributed by atoms with van der Waals surface area (Å²) >= 11 is 1.87. The molecule has 3 atom stereocenters. The topological polar surface area (TPSA) is 23.5 Å². The Morgan fingerprint density at radius 3 is 2.68 bits per heavy atom. The summed E-state index contributed by atoms with van der Waals surface area (Å²) in [5.41, 5.74) is 2.75. The number of piperidine rings is 1. The fraction of sp³-hybridized carbons (Fsp3) is 0.500. The molecule has 1 aromatic rings. The predicted molar refractivity (Wildman–Crippen MR) is 81.5 cm³/mol. The number of aryl methyl sites for hydroxylation is 1. The van der Waals surface area contributed by atoms with Gasteiger partial charge in [0.05, 0.1) is 6.61 Å². The fourth-order valence-electron chi connectivity index (χ4n) is 3.24. The highest BCUT2D eigenvalue weighted by Crippen LogP contribution is 2.46. The summed E-state index contributed by atoms with van der Waals surface area (Å²) in [5, 5.41) is 9.97. The number of benzene rings is 1. The van der Waals surface area contributed by atoms with Gasteiger partial charge in [0.25, 0.3) is 0 Å². The molecule has 0 bridgehead atoms. The van der Waals surface area contributed by atoms with Crippen molar-refractivity contribution in [3.05, 3.63) is 46.4 Å². The maximum Gasteiger partial charge on any atom is 0.0737 e. The minimum absolute atomic E-state index is 0.196. The van der Waals surface area contributed by atoms with E-state index in [-0.39, 0.29) is 6.61 Å². The zero-order chi connectivity index (χ0) is 13.4. The second kappa shape index (κ2) is 5.31. The number of rotatable bonds is 2. The van der Waals surface area contributed by atoms with E-state index in [1.54, 1.807) is 0 Å². The maximum absolute atomic E-state index is 9.37. The number of nitrogens with zero attached hydrogens (tertiary/aromatic N) is 1. The van der Waals surface area contributed by atoms with Crippen molar-refractivity contribution in [2.45, 2.75) is 18.1 Å². The van der Waals surface area contributed by atoms with Crippen LogP contribution in [0.2, 0.25) is 0 Å². The molecule has 3 heteroatoms. The van der Waals surface area contributed by atoms with Gasteiger partial charge in [-0.25, -0.2) is 0 Å². The molecule has 2 nitrogen and oxygen atoms in total. The predicted octanol–water partition coefficient (Wildman–Crippen LogP) is 2.63. The number of thioether (sulfide) groups is 1. The molecule has 2 aliphatic rings. The van der Waals surface area contributed by atoms with E-state index in [2.05, 4.69) is 49.2 Å². The second-order valence-corrected chi connectivity index (χ2v) is 7.13.